The van der Waals surface area contributed by atoms with Gasteiger partial charge < -0.3 is 0 Å². The molecule has 0 aliphatic carbocycles. The second-order valence-electron chi connectivity index (χ2n) is 1.51. The van der Waals surface area contributed by atoms with E-state index in [1.165, 1.54) is 5.56 Å². The Morgan fingerprint density at radius 1 is 1.12 bits per heavy atom. The second-order valence-corrected chi connectivity index (χ2v) is 2.01. The summed E-state index contributed by atoms with van der Waals surface area (Å²) >= 11 is 2.48. The summed E-state index contributed by atoms with van der Waals surface area (Å²) in [6.07, 6.45) is 0. The Balaban J connectivity index is 2.99. The van der Waals surface area contributed by atoms with Crippen molar-refractivity contribution in [3.05, 3.63) is 35.9 Å². The zero-order valence-electron chi connectivity index (χ0n) is 4.32. The minimum atomic E-state index is 1.25. The molecule has 0 atom stereocenters. The first-order valence-electron chi connectivity index (χ1n) is 2.40. The van der Waals surface area contributed by atoms with E-state index in [0.29, 0.717) is 0 Å². The molecule has 0 heterocycles. The molecule has 0 radical (unpaired) electrons. The van der Waals surface area contributed by atoms with E-state index in [-0.39, 0.29) is 0 Å². The molecule has 1 heteroatoms. The molecule has 0 aliphatic heterocycles. The number of hydrogen-bond acceptors (Lipinski definition) is 0. The molecule has 8 heavy (non-hydrogen) atoms. The standard InChI is InChI=1S/C7H6.Ru/c1-7-5-3-2-4-6-7;/h1-6H;/q;+1. The fourth-order valence-corrected chi connectivity index (χ4v) is 0.856. The molecule has 0 fully saturated rings. The molecule has 1 rings (SSSR count). The van der Waals surface area contributed by atoms with E-state index in [1.807, 2.05) is 22.8 Å². The SMILES string of the molecule is [Ru+]=[CH]c1ccccc1. The molecular formula is C7H6Ru+. The topological polar surface area (TPSA) is 0 Å². The van der Waals surface area contributed by atoms with Crippen molar-refractivity contribution in [2.45, 2.75) is 0 Å². The predicted octanol–water partition coefficient (Wildman–Crippen LogP) is 1.38. The molecule has 0 N–H and O–H groups in total. The first kappa shape index (κ1) is 5.84. The van der Waals surface area contributed by atoms with Crippen molar-refractivity contribution in [3.63, 3.8) is 0 Å². The van der Waals surface area contributed by atoms with Gasteiger partial charge in [0.25, 0.3) is 0 Å². The maximum absolute atomic E-state index is 2.48. The molecular weight excluding hydrogens is 185 g/mol. The van der Waals surface area contributed by atoms with Crippen LogP contribution in [0.4, 0.5) is 0 Å². The molecule has 0 spiro atoms. The van der Waals surface area contributed by atoms with Gasteiger partial charge in [-0.1, -0.05) is 0 Å². The third-order valence-electron chi connectivity index (χ3n) is 0.917. The van der Waals surface area contributed by atoms with E-state index in [9.17, 15) is 0 Å². The van der Waals surface area contributed by atoms with E-state index >= 15 is 0 Å². The van der Waals surface area contributed by atoms with Gasteiger partial charge in [-0.3, -0.25) is 0 Å². The Bertz CT molecular complexity index is 167. The van der Waals surface area contributed by atoms with Crippen molar-refractivity contribution >= 4 is 4.61 Å². The zero-order chi connectivity index (χ0) is 5.82. The van der Waals surface area contributed by atoms with Crippen molar-refractivity contribution < 1.29 is 17.9 Å². The number of hydrogen-bond donors (Lipinski definition) is 0. The summed E-state index contributed by atoms with van der Waals surface area (Å²) in [4.78, 5) is 0. The van der Waals surface area contributed by atoms with Gasteiger partial charge in [-0.05, 0) is 0 Å². The summed E-state index contributed by atoms with van der Waals surface area (Å²) < 4.78 is 2.01. The van der Waals surface area contributed by atoms with Gasteiger partial charge in [0.1, 0.15) is 0 Å². The summed E-state index contributed by atoms with van der Waals surface area (Å²) in [6, 6.07) is 10.2. The van der Waals surface area contributed by atoms with Crippen LogP contribution in [0.2, 0.25) is 0 Å². The maximum atomic E-state index is 2.48. The molecule has 0 unspecified atom stereocenters. The van der Waals surface area contributed by atoms with Crippen LogP contribution in [0.5, 0.6) is 0 Å². The predicted molar refractivity (Wildman–Crippen MR) is 31.6 cm³/mol. The second kappa shape index (κ2) is 2.89. The zero-order valence-corrected chi connectivity index (χ0v) is 6.06. The normalized spacial score (nSPS) is 8.50. The van der Waals surface area contributed by atoms with E-state index in [1.54, 1.807) is 0 Å². The molecule has 1 aromatic rings. The van der Waals surface area contributed by atoms with Gasteiger partial charge in [0, 0.05) is 0 Å². The van der Waals surface area contributed by atoms with Gasteiger partial charge in [0.05, 0.1) is 0 Å². The van der Waals surface area contributed by atoms with Crippen molar-refractivity contribution in [3.8, 4) is 0 Å². The summed E-state index contributed by atoms with van der Waals surface area (Å²) in [5.74, 6) is 0. The van der Waals surface area contributed by atoms with Crippen LogP contribution in [0.25, 0.3) is 0 Å². The van der Waals surface area contributed by atoms with Crippen molar-refractivity contribution in [2.24, 2.45) is 0 Å². The van der Waals surface area contributed by atoms with Gasteiger partial charge in [0.2, 0.25) is 0 Å². The Morgan fingerprint density at radius 2 is 1.75 bits per heavy atom. The van der Waals surface area contributed by atoms with E-state index in [0.717, 1.165) is 0 Å². The molecule has 0 nitrogen and oxygen atoms in total. The van der Waals surface area contributed by atoms with Gasteiger partial charge >= 0.3 is 58.4 Å². The van der Waals surface area contributed by atoms with Crippen molar-refractivity contribution in [2.75, 3.05) is 0 Å². The number of benzene rings is 1. The van der Waals surface area contributed by atoms with Crippen LogP contribution in [0, 0.1) is 0 Å². The first-order chi connectivity index (χ1) is 3.93. The van der Waals surface area contributed by atoms with Crippen LogP contribution in [0.15, 0.2) is 30.3 Å². The molecule has 0 aliphatic rings. The average molecular weight is 191 g/mol. The minimum absolute atomic E-state index is 1.25. The summed E-state index contributed by atoms with van der Waals surface area (Å²) in [5, 5.41) is 0. The van der Waals surface area contributed by atoms with Crippen LogP contribution in [-0.4, -0.2) is 4.61 Å². The van der Waals surface area contributed by atoms with Crippen LogP contribution in [0.3, 0.4) is 0 Å². The van der Waals surface area contributed by atoms with Gasteiger partial charge in [-0.25, -0.2) is 0 Å². The van der Waals surface area contributed by atoms with E-state index < -0.39 is 0 Å². The molecule has 41 valence electrons. The van der Waals surface area contributed by atoms with Crippen molar-refractivity contribution in [1.82, 2.24) is 0 Å². The Kier molecular flexibility index (Phi) is 2.11. The fraction of sp³-hybridized carbons (Fsp3) is 0. The van der Waals surface area contributed by atoms with Crippen LogP contribution >= 0.6 is 0 Å². The Morgan fingerprint density at radius 3 is 2.12 bits per heavy atom. The molecule has 1 aromatic carbocycles. The Labute approximate surface area is 58.7 Å². The Hall–Kier alpha value is -0.287. The summed E-state index contributed by atoms with van der Waals surface area (Å²) in [6.45, 7) is 0. The number of rotatable bonds is 1. The third kappa shape index (κ3) is 1.35. The van der Waals surface area contributed by atoms with Gasteiger partial charge in [0.15, 0.2) is 0 Å². The van der Waals surface area contributed by atoms with Gasteiger partial charge in [-0.2, -0.15) is 0 Å². The quantitative estimate of drug-likeness (QED) is 0.588. The van der Waals surface area contributed by atoms with Crippen LogP contribution < -0.4 is 0 Å². The fourth-order valence-electron chi connectivity index (χ4n) is 0.521. The molecule has 0 saturated heterocycles. The van der Waals surface area contributed by atoms with Crippen LogP contribution in [-0.2, 0) is 17.9 Å². The molecule has 0 saturated carbocycles. The first-order valence-corrected chi connectivity index (χ1v) is 3.41. The molecule has 0 aromatic heterocycles. The van der Waals surface area contributed by atoms with Crippen molar-refractivity contribution in [1.29, 1.82) is 0 Å². The van der Waals surface area contributed by atoms with E-state index in [2.05, 4.69) is 30.0 Å². The van der Waals surface area contributed by atoms with Gasteiger partial charge in [-0.15, -0.1) is 0 Å². The molecule has 0 amide bonds. The summed E-state index contributed by atoms with van der Waals surface area (Å²) in [5.41, 5.74) is 1.25. The van der Waals surface area contributed by atoms with Crippen LogP contribution in [0.1, 0.15) is 5.56 Å². The monoisotopic (exact) mass is 192 g/mol. The van der Waals surface area contributed by atoms with E-state index in [4.69, 9.17) is 0 Å². The average Bonchev–Trinajstić information content (AvgIpc) is 1.90. The summed E-state index contributed by atoms with van der Waals surface area (Å²) in [7, 11) is 0. The third-order valence-corrected chi connectivity index (χ3v) is 1.50. The molecule has 0 bridgehead atoms.